The molecule has 1 N–H and O–H groups in total. The number of fused-ring (bicyclic) bond motifs is 2. The quantitative estimate of drug-likeness (QED) is 0.906. The summed E-state index contributed by atoms with van der Waals surface area (Å²) in [7, 11) is 0. The zero-order valence-electron chi connectivity index (χ0n) is 13.4. The summed E-state index contributed by atoms with van der Waals surface area (Å²) in [5, 5.41) is 9.69. The Kier molecular flexibility index (Phi) is 3.80. The van der Waals surface area contributed by atoms with E-state index in [9.17, 15) is 14.7 Å². The minimum atomic E-state index is -1.04. The number of hydrogen-bond donors (Lipinski definition) is 1. The molecule has 0 radical (unpaired) electrons. The Bertz CT molecular complexity index is 834. The fraction of sp³-hybridized carbons (Fsp3) is 0.263. The van der Waals surface area contributed by atoms with Crippen molar-refractivity contribution in [1.82, 2.24) is 4.90 Å². The van der Waals surface area contributed by atoms with Crippen LogP contribution in [-0.4, -0.2) is 41.1 Å². The van der Waals surface area contributed by atoms with E-state index in [2.05, 4.69) is 0 Å². The molecule has 0 spiro atoms. The number of ether oxygens (including phenoxy) is 2. The number of carboxylic acid groups (broad SMARTS) is 1. The smallest absolute Gasteiger partial charge is 0.331 e. The van der Waals surface area contributed by atoms with Crippen LogP contribution in [0.15, 0.2) is 48.5 Å². The van der Waals surface area contributed by atoms with Crippen LogP contribution < -0.4 is 9.47 Å². The summed E-state index contributed by atoms with van der Waals surface area (Å²) >= 11 is 0. The molecule has 0 bridgehead atoms. The van der Waals surface area contributed by atoms with E-state index in [4.69, 9.17) is 9.47 Å². The van der Waals surface area contributed by atoms with Gasteiger partial charge in [-0.2, -0.15) is 0 Å². The van der Waals surface area contributed by atoms with Crippen molar-refractivity contribution in [3.8, 4) is 11.5 Å². The molecule has 128 valence electrons. The molecular weight excluding hydrogens is 322 g/mol. The number of amides is 1. The highest BCUT2D eigenvalue weighted by Crippen LogP contribution is 2.34. The Labute approximate surface area is 144 Å². The standard InChI is InChI=1S/C19H17NO5/c21-18(16-11-24-14-7-3-4-8-15(14)25-16)20-10-9-12-5-1-2-6-13(12)17(20)19(22)23/h1-8,16-17H,9-11H2,(H,22,23). The van der Waals surface area contributed by atoms with Crippen molar-refractivity contribution in [1.29, 1.82) is 0 Å². The molecule has 0 saturated heterocycles. The number of carbonyl (C=O) groups excluding carboxylic acids is 1. The molecular formula is C19H17NO5. The fourth-order valence-corrected chi connectivity index (χ4v) is 3.40. The van der Waals surface area contributed by atoms with Gasteiger partial charge >= 0.3 is 5.97 Å². The van der Waals surface area contributed by atoms with E-state index in [0.29, 0.717) is 30.0 Å². The number of aliphatic carboxylic acids is 1. The Hall–Kier alpha value is -3.02. The van der Waals surface area contributed by atoms with Crippen LogP contribution in [0.5, 0.6) is 11.5 Å². The van der Waals surface area contributed by atoms with Gasteiger partial charge in [0, 0.05) is 6.54 Å². The number of carbonyl (C=O) groups is 2. The van der Waals surface area contributed by atoms with Gasteiger partial charge in [0.05, 0.1) is 0 Å². The lowest BCUT2D eigenvalue weighted by Crippen LogP contribution is -2.51. The Morgan fingerprint density at radius 3 is 2.56 bits per heavy atom. The first-order chi connectivity index (χ1) is 12.1. The fourth-order valence-electron chi connectivity index (χ4n) is 3.40. The van der Waals surface area contributed by atoms with Crippen molar-refractivity contribution in [2.24, 2.45) is 0 Å². The predicted molar refractivity (Wildman–Crippen MR) is 88.6 cm³/mol. The highest BCUT2D eigenvalue weighted by atomic mass is 16.6. The summed E-state index contributed by atoms with van der Waals surface area (Å²) in [5.74, 6) is -0.323. The van der Waals surface area contributed by atoms with Crippen LogP contribution in [0.1, 0.15) is 17.2 Å². The van der Waals surface area contributed by atoms with Crippen molar-refractivity contribution in [3.05, 3.63) is 59.7 Å². The molecule has 2 aromatic carbocycles. The number of para-hydroxylation sites is 2. The van der Waals surface area contributed by atoms with Crippen LogP contribution in [0.4, 0.5) is 0 Å². The first kappa shape index (κ1) is 15.5. The maximum atomic E-state index is 12.9. The average Bonchev–Trinajstić information content (AvgIpc) is 2.66. The molecule has 1 amide bonds. The molecule has 0 saturated carbocycles. The molecule has 2 unspecified atom stereocenters. The van der Waals surface area contributed by atoms with E-state index in [0.717, 1.165) is 5.56 Å². The van der Waals surface area contributed by atoms with Crippen molar-refractivity contribution >= 4 is 11.9 Å². The van der Waals surface area contributed by atoms with Gasteiger partial charge in [-0.15, -0.1) is 0 Å². The maximum Gasteiger partial charge on any atom is 0.331 e. The summed E-state index contributed by atoms with van der Waals surface area (Å²) in [6.45, 7) is 0.411. The van der Waals surface area contributed by atoms with Crippen LogP contribution in [0.25, 0.3) is 0 Å². The van der Waals surface area contributed by atoms with Gasteiger partial charge in [-0.1, -0.05) is 36.4 Å². The Morgan fingerprint density at radius 1 is 1.04 bits per heavy atom. The minimum absolute atomic E-state index is 0.0698. The monoisotopic (exact) mass is 339 g/mol. The second-order valence-electron chi connectivity index (χ2n) is 6.09. The van der Waals surface area contributed by atoms with E-state index < -0.39 is 18.1 Å². The van der Waals surface area contributed by atoms with Gasteiger partial charge in [-0.05, 0) is 29.7 Å². The van der Waals surface area contributed by atoms with Crippen molar-refractivity contribution < 1.29 is 24.2 Å². The Balaban J connectivity index is 1.61. The van der Waals surface area contributed by atoms with Crippen LogP contribution in [0.3, 0.4) is 0 Å². The molecule has 0 aromatic heterocycles. The summed E-state index contributed by atoms with van der Waals surface area (Å²) in [4.78, 5) is 26.2. The zero-order chi connectivity index (χ0) is 17.4. The molecule has 2 aliphatic heterocycles. The maximum absolute atomic E-state index is 12.9. The topological polar surface area (TPSA) is 76.1 Å². The number of benzene rings is 2. The van der Waals surface area contributed by atoms with E-state index in [1.165, 1.54) is 4.90 Å². The van der Waals surface area contributed by atoms with E-state index >= 15 is 0 Å². The molecule has 0 fully saturated rings. The van der Waals surface area contributed by atoms with Gasteiger partial charge in [0.25, 0.3) is 5.91 Å². The van der Waals surface area contributed by atoms with Gasteiger partial charge in [-0.25, -0.2) is 4.79 Å². The van der Waals surface area contributed by atoms with Gasteiger partial charge in [-0.3, -0.25) is 4.79 Å². The molecule has 6 nitrogen and oxygen atoms in total. The number of nitrogens with zero attached hydrogens (tertiary/aromatic N) is 1. The lowest BCUT2D eigenvalue weighted by molar-refractivity contribution is -0.155. The summed E-state index contributed by atoms with van der Waals surface area (Å²) < 4.78 is 11.3. The molecule has 2 aliphatic rings. The van der Waals surface area contributed by atoms with Gasteiger partial charge in [0.2, 0.25) is 6.10 Å². The highest BCUT2D eigenvalue weighted by molar-refractivity contribution is 5.88. The normalized spacial score (nSPS) is 21.4. The van der Waals surface area contributed by atoms with E-state index in [-0.39, 0.29) is 12.5 Å². The van der Waals surface area contributed by atoms with Crippen LogP contribution in [0, 0.1) is 0 Å². The summed E-state index contributed by atoms with van der Waals surface area (Å²) in [5.41, 5.74) is 1.62. The molecule has 25 heavy (non-hydrogen) atoms. The first-order valence-electron chi connectivity index (χ1n) is 8.15. The zero-order valence-corrected chi connectivity index (χ0v) is 13.4. The van der Waals surface area contributed by atoms with Crippen LogP contribution in [0.2, 0.25) is 0 Å². The third-order valence-corrected chi connectivity index (χ3v) is 4.58. The van der Waals surface area contributed by atoms with E-state index in [1.54, 1.807) is 30.3 Å². The molecule has 2 aromatic rings. The van der Waals surface area contributed by atoms with Crippen molar-refractivity contribution in [2.75, 3.05) is 13.2 Å². The number of rotatable bonds is 2. The summed E-state index contributed by atoms with van der Waals surface area (Å²) in [6, 6.07) is 13.5. The van der Waals surface area contributed by atoms with Crippen molar-refractivity contribution in [2.45, 2.75) is 18.6 Å². The predicted octanol–water partition coefficient (Wildman–Crippen LogP) is 2.04. The van der Waals surface area contributed by atoms with Crippen molar-refractivity contribution in [3.63, 3.8) is 0 Å². The van der Waals surface area contributed by atoms with Crippen LogP contribution in [-0.2, 0) is 16.0 Å². The third-order valence-electron chi connectivity index (χ3n) is 4.58. The van der Waals surface area contributed by atoms with Gasteiger partial charge in [0.15, 0.2) is 17.5 Å². The average molecular weight is 339 g/mol. The lowest BCUT2D eigenvalue weighted by atomic mass is 9.92. The molecule has 4 rings (SSSR count). The second-order valence-corrected chi connectivity index (χ2v) is 6.09. The SMILES string of the molecule is O=C(O)C1c2ccccc2CCN1C(=O)C1COc2ccccc2O1. The molecule has 2 heterocycles. The van der Waals surface area contributed by atoms with E-state index in [1.807, 2.05) is 18.2 Å². The Morgan fingerprint density at radius 2 is 1.76 bits per heavy atom. The highest BCUT2D eigenvalue weighted by Gasteiger charge is 2.40. The molecule has 6 heteroatoms. The summed E-state index contributed by atoms with van der Waals surface area (Å²) in [6.07, 6.45) is -0.224. The van der Waals surface area contributed by atoms with Crippen LogP contribution >= 0.6 is 0 Å². The second kappa shape index (κ2) is 6.12. The third kappa shape index (κ3) is 2.69. The number of hydrogen-bond acceptors (Lipinski definition) is 4. The van der Waals surface area contributed by atoms with Gasteiger partial charge in [0.1, 0.15) is 6.61 Å². The molecule has 2 atom stereocenters. The molecule has 0 aliphatic carbocycles. The largest absolute Gasteiger partial charge is 0.485 e. The lowest BCUT2D eigenvalue weighted by Gasteiger charge is -2.37. The number of carboxylic acids is 1. The minimum Gasteiger partial charge on any atom is -0.485 e. The van der Waals surface area contributed by atoms with Gasteiger partial charge < -0.3 is 19.5 Å². The first-order valence-corrected chi connectivity index (χ1v) is 8.15.